The molecule has 140 valence electrons. The maximum atomic E-state index is 12.6. The number of carboxylic acids is 1. The summed E-state index contributed by atoms with van der Waals surface area (Å²) in [4.78, 5) is 32.0. The number of carboxylic acid groups (broad SMARTS) is 1. The van der Waals surface area contributed by atoms with Crippen LogP contribution in [0.3, 0.4) is 0 Å². The summed E-state index contributed by atoms with van der Waals surface area (Å²) in [5.41, 5.74) is 1.14. The molecule has 1 aromatic heterocycles. The van der Waals surface area contributed by atoms with E-state index < -0.39 is 11.9 Å². The van der Waals surface area contributed by atoms with Gasteiger partial charge in [0.15, 0.2) is 0 Å². The van der Waals surface area contributed by atoms with E-state index in [1.807, 2.05) is 19.2 Å². The number of anilines is 1. The van der Waals surface area contributed by atoms with Gasteiger partial charge in [0.05, 0.1) is 5.92 Å². The molecule has 0 saturated carbocycles. The Morgan fingerprint density at radius 1 is 1.08 bits per heavy atom. The van der Waals surface area contributed by atoms with E-state index in [2.05, 4.69) is 16.0 Å². The van der Waals surface area contributed by atoms with Gasteiger partial charge in [-0.15, -0.1) is 24.8 Å². The number of carbonyl (C=O) groups is 2. The first-order valence-electron chi connectivity index (χ1n) is 8.24. The number of carbonyl (C=O) groups excluding carboxylic acids is 1. The van der Waals surface area contributed by atoms with Gasteiger partial charge >= 0.3 is 5.97 Å². The van der Waals surface area contributed by atoms with Crippen LogP contribution in [0.1, 0.15) is 24.8 Å². The van der Waals surface area contributed by atoms with Gasteiger partial charge in [0.1, 0.15) is 5.82 Å². The number of amides is 1. The van der Waals surface area contributed by atoms with Crippen molar-refractivity contribution < 1.29 is 14.7 Å². The summed E-state index contributed by atoms with van der Waals surface area (Å²) < 4.78 is 0. The second-order valence-corrected chi connectivity index (χ2v) is 6.56. The SMILES string of the molecule is Cc1ccc(N2CCC(C(=O)N3CCC(C(=O)O)C3)CC2)nc1.Cl.Cl. The fraction of sp³-hybridized carbons (Fsp3) is 0.588. The average molecular weight is 390 g/mol. The molecule has 1 unspecified atom stereocenters. The van der Waals surface area contributed by atoms with Crippen LogP contribution in [0.15, 0.2) is 18.3 Å². The molecule has 0 aliphatic carbocycles. The van der Waals surface area contributed by atoms with Gasteiger partial charge in [0.25, 0.3) is 0 Å². The first-order chi connectivity index (χ1) is 11.0. The molecular formula is C17H25Cl2N3O3. The van der Waals surface area contributed by atoms with Gasteiger partial charge in [-0.3, -0.25) is 9.59 Å². The molecule has 2 fully saturated rings. The number of likely N-dealkylation sites (tertiary alicyclic amines) is 1. The second-order valence-electron chi connectivity index (χ2n) is 6.56. The van der Waals surface area contributed by atoms with E-state index >= 15 is 0 Å². The van der Waals surface area contributed by atoms with Crippen molar-refractivity contribution >= 4 is 42.5 Å². The standard InChI is InChI=1S/C17H23N3O3.2ClH/c1-12-2-3-15(18-10-12)19-7-4-13(5-8-19)16(21)20-9-6-14(11-20)17(22)23;;/h2-3,10,13-14H,4-9,11H2,1H3,(H,22,23);2*1H. The topological polar surface area (TPSA) is 73.7 Å². The van der Waals surface area contributed by atoms with Gasteiger partial charge in [-0.25, -0.2) is 4.98 Å². The van der Waals surface area contributed by atoms with Crippen molar-refractivity contribution in [3.05, 3.63) is 23.9 Å². The number of piperidine rings is 1. The number of aromatic nitrogens is 1. The molecule has 2 aliphatic rings. The minimum Gasteiger partial charge on any atom is -0.481 e. The molecule has 1 atom stereocenters. The second kappa shape index (κ2) is 9.25. The van der Waals surface area contributed by atoms with Crippen LogP contribution in [0.5, 0.6) is 0 Å². The monoisotopic (exact) mass is 389 g/mol. The largest absolute Gasteiger partial charge is 0.481 e. The van der Waals surface area contributed by atoms with Gasteiger partial charge in [0.2, 0.25) is 5.91 Å². The number of hydrogen-bond donors (Lipinski definition) is 1. The summed E-state index contributed by atoms with van der Waals surface area (Å²) in [5, 5.41) is 9.05. The molecule has 0 aromatic carbocycles. The highest BCUT2D eigenvalue weighted by atomic mass is 35.5. The number of pyridine rings is 1. The van der Waals surface area contributed by atoms with Gasteiger partial charge < -0.3 is 14.9 Å². The number of aliphatic carboxylic acids is 1. The Bertz CT molecular complexity index is 589. The van der Waals surface area contributed by atoms with Crippen molar-refractivity contribution in [1.29, 1.82) is 0 Å². The first-order valence-corrected chi connectivity index (χ1v) is 8.24. The van der Waals surface area contributed by atoms with E-state index in [-0.39, 0.29) is 36.6 Å². The van der Waals surface area contributed by atoms with E-state index in [0.29, 0.717) is 19.5 Å². The summed E-state index contributed by atoms with van der Waals surface area (Å²) >= 11 is 0. The zero-order valence-electron chi connectivity index (χ0n) is 14.3. The molecule has 2 saturated heterocycles. The molecule has 3 rings (SSSR count). The third-order valence-electron chi connectivity index (χ3n) is 4.91. The van der Waals surface area contributed by atoms with Crippen LogP contribution in [0.4, 0.5) is 5.82 Å². The molecule has 3 heterocycles. The molecule has 0 bridgehead atoms. The van der Waals surface area contributed by atoms with Crippen LogP contribution in [0.25, 0.3) is 0 Å². The lowest BCUT2D eigenvalue weighted by molar-refractivity contribution is -0.141. The molecule has 6 nitrogen and oxygen atoms in total. The maximum Gasteiger partial charge on any atom is 0.308 e. The highest BCUT2D eigenvalue weighted by Crippen LogP contribution is 2.26. The zero-order chi connectivity index (χ0) is 16.4. The van der Waals surface area contributed by atoms with Gasteiger partial charge in [-0.05, 0) is 37.8 Å². The van der Waals surface area contributed by atoms with E-state index in [9.17, 15) is 9.59 Å². The molecule has 25 heavy (non-hydrogen) atoms. The average Bonchev–Trinajstić information content (AvgIpc) is 3.05. The number of aryl methyl sites for hydroxylation is 1. The third kappa shape index (κ3) is 4.98. The summed E-state index contributed by atoms with van der Waals surface area (Å²) in [6.45, 7) is 4.61. The molecule has 2 aliphatic heterocycles. The normalized spacial score (nSPS) is 20.6. The van der Waals surface area contributed by atoms with Crippen LogP contribution in [-0.4, -0.2) is 53.0 Å². The number of halogens is 2. The molecule has 1 aromatic rings. The fourth-order valence-electron chi connectivity index (χ4n) is 3.42. The highest BCUT2D eigenvalue weighted by Gasteiger charge is 2.35. The Morgan fingerprint density at radius 2 is 1.72 bits per heavy atom. The Balaban J connectivity index is 0.00000156. The molecule has 8 heteroatoms. The van der Waals surface area contributed by atoms with Gasteiger partial charge in [-0.2, -0.15) is 0 Å². The van der Waals surface area contributed by atoms with Crippen molar-refractivity contribution in [2.45, 2.75) is 26.2 Å². The van der Waals surface area contributed by atoms with Crippen LogP contribution < -0.4 is 4.90 Å². The van der Waals surface area contributed by atoms with Gasteiger partial charge in [-0.1, -0.05) is 6.07 Å². The summed E-state index contributed by atoms with van der Waals surface area (Å²) in [7, 11) is 0. The molecule has 0 spiro atoms. The number of nitrogens with zero attached hydrogens (tertiary/aromatic N) is 3. The summed E-state index contributed by atoms with van der Waals surface area (Å²) in [5.74, 6) is -0.0699. The number of rotatable bonds is 3. The summed E-state index contributed by atoms with van der Waals surface area (Å²) in [6, 6.07) is 4.07. The minimum absolute atomic E-state index is 0. The molecular weight excluding hydrogens is 365 g/mol. The fourth-order valence-corrected chi connectivity index (χ4v) is 3.42. The Morgan fingerprint density at radius 3 is 2.24 bits per heavy atom. The van der Waals surface area contributed by atoms with Gasteiger partial charge in [0, 0.05) is 38.3 Å². The van der Waals surface area contributed by atoms with Crippen LogP contribution in [-0.2, 0) is 9.59 Å². The van der Waals surface area contributed by atoms with E-state index in [1.165, 1.54) is 0 Å². The lowest BCUT2D eigenvalue weighted by atomic mass is 9.95. The lowest BCUT2D eigenvalue weighted by Gasteiger charge is -2.33. The van der Waals surface area contributed by atoms with Crippen LogP contribution in [0, 0.1) is 18.8 Å². The molecule has 1 amide bonds. The minimum atomic E-state index is -0.791. The molecule has 1 N–H and O–H groups in total. The lowest BCUT2D eigenvalue weighted by Crippen LogP contribution is -2.42. The summed E-state index contributed by atoms with van der Waals surface area (Å²) in [6.07, 6.45) is 4.06. The van der Waals surface area contributed by atoms with Crippen LogP contribution >= 0.6 is 24.8 Å². The maximum absolute atomic E-state index is 12.6. The van der Waals surface area contributed by atoms with Crippen LogP contribution in [0.2, 0.25) is 0 Å². The van der Waals surface area contributed by atoms with E-state index in [0.717, 1.165) is 37.3 Å². The quantitative estimate of drug-likeness (QED) is 0.858. The zero-order valence-corrected chi connectivity index (χ0v) is 15.9. The third-order valence-corrected chi connectivity index (χ3v) is 4.91. The van der Waals surface area contributed by atoms with Crippen molar-refractivity contribution in [3.63, 3.8) is 0 Å². The van der Waals surface area contributed by atoms with E-state index in [4.69, 9.17) is 5.11 Å². The predicted molar refractivity (Wildman–Crippen MR) is 101 cm³/mol. The Kier molecular flexibility index (Phi) is 7.96. The van der Waals surface area contributed by atoms with Crippen molar-refractivity contribution in [1.82, 2.24) is 9.88 Å². The van der Waals surface area contributed by atoms with Crippen molar-refractivity contribution in [2.75, 3.05) is 31.1 Å². The highest BCUT2D eigenvalue weighted by molar-refractivity contribution is 5.85. The Labute approximate surface area is 160 Å². The smallest absolute Gasteiger partial charge is 0.308 e. The predicted octanol–water partition coefficient (Wildman–Crippen LogP) is 2.38. The van der Waals surface area contributed by atoms with Crippen molar-refractivity contribution in [2.24, 2.45) is 11.8 Å². The Hall–Kier alpha value is -1.53. The molecule has 0 radical (unpaired) electrons. The van der Waals surface area contributed by atoms with E-state index in [1.54, 1.807) is 4.90 Å². The number of hydrogen-bond acceptors (Lipinski definition) is 4. The van der Waals surface area contributed by atoms with Crippen molar-refractivity contribution in [3.8, 4) is 0 Å². The first kappa shape index (κ1) is 21.5.